The summed E-state index contributed by atoms with van der Waals surface area (Å²) in [6.07, 6.45) is 7.02. The van der Waals surface area contributed by atoms with Crippen molar-refractivity contribution < 1.29 is 4.79 Å². The first-order valence-corrected chi connectivity index (χ1v) is 6.15. The molecule has 2 atom stereocenters. The summed E-state index contributed by atoms with van der Waals surface area (Å²) in [4.78, 5) is 18.6. The minimum atomic E-state index is 0.0946. The number of aliphatic imine (C=N–C) groups is 1. The lowest BCUT2D eigenvalue weighted by Gasteiger charge is -2.37. The number of nitrogens with one attached hydrogen (secondary N) is 1. The van der Waals surface area contributed by atoms with Gasteiger partial charge in [0, 0.05) is 30.6 Å². The average molecular weight is 231 g/mol. The molecule has 1 saturated heterocycles. The number of hydrogen-bond acceptors (Lipinski definition) is 3. The number of carbonyl (C=O) groups is 1. The molecule has 2 unspecified atom stereocenters. The summed E-state index contributed by atoms with van der Waals surface area (Å²) in [5.41, 5.74) is 2.27. The quantitative estimate of drug-likeness (QED) is 0.655. The number of nitrogens with zero attached hydrogens (tertiary/aromatic N) is 2. The zero-order valence-electron chi connectivity index (χ0n) is 10.0. The highest BCUT2D eigenvalue weighted by molar-refractivity contribution is 5.96. The van der Waals surface area contributed by atoms with E-state index in [9.17, 15) is 4.79 Å². The lowest BCUT2D eigenvalue weighted by atomic mass is 9.78. The van der Waals surface area contributed by atoms with Gasteiger partial charge in [-0.25, -0.2) is 0 Å². The van der Waals surface area contributed by atoms with Crippen molar-refractivity contribution in [3.05, 3.63) is 23.3 Å². The van der Waals surface area contributed by atoms with Crippen molar-refractivity contribution in [1.82, 2.24) is 10.2 Å². The van der Waals surface area contributed by atoms with Gasteiger partial charge in [-0.2, -0.15) is 0 Å². The third-order valence-corrected chi connectivity index (χ3v) is 3.90. The molecule has 3 aliphatic rings. The molecule has 1 amide bonds. The second-order valence-electron chi connectivity index (χ2n) is 4.91. The van der Waals surface area contributed by atoms with Gasteiger partial charge in [0.1, 0.15) is 0 Å². The molecule has 4 nitrogen and oxygen atoms in total. The number of allylic oxidation sites excluding steroid dienone is 2. The van der Waals surface area contributed by atoms with Crippen molar-refractivity contribution in [3.8, 4) is 0 Å². The summed E-state index contributed by atoms with van der Waals surface area (Å²) in [6.45, 7) is 2.44. The molecule has 90 valence electrons. The van der Waals surface area contributed by atoms with Crippen LogP contribution in [-0.4, -0.2) is 49.7 Å². The predicted octanol–water partition coefficient (Wildman–Crippen LogP) is 0.374. The van der Waals surface area contributed by atoms with Crippen LogP contribution in [0.4, 0.5) is 0 Å². The van der Waals surface area contributed by atoms with Gasteiger partial charge in [-0.1, -0.05) is 12.2 Å². The second kappa shape index (κ2) is 4.11. The molecule has 4 heteroatoms. The maximum absolute atomic E-state index is 12.0. The SMILES string of the molecule is CN1CCNC(=O)C2=CC=C3CN=CCC3C21. The molecule has 0 aromatic rings. The summed E-state index contributed by atoms with van der Waals surface area (Å²) in [6, 6.07) is 0.226. The fraction of sp³-hybridized carbons (Fsp3) is 0.538. The summed E-state index contributed by atoms with van der Waals surface area (Å²) >= 11 is 0. The summed E-state index contributed by atoms with van der Waals surface area (Å²) < 4.78 is 0. The summed E-state index contributed by atoms with van der Waals surface area (Å²) in [5, 5.41) is 2.96. The van der Waals surface area contributed by atoms with Crippen LogP contribution < -0.4 is 5.32 Å². The van der Waals surface area contributed by atoms with Gasteiger partial charge < -0.3 is 5.32 Å². The van der Waals surface area contributed by atoms with Gasteiger partial charge in [0.15, 0.2) is 0 Å². The Labute approximate surface area is 101 Å². The Kier molecular flexibility index (Phi) is 2.59. The normalized spacial score (nSPS) is 32.9. The molecule has 3 rings (SSSR count). The molecule has 2 aliphatic heterocycles. The van der Waals surface area contributed by atoms with Crippen LogP contribution in [0.5, 0.6) is 0 Å². The van der Waals surface area contributed by atoms with Crippen LogP contribution in [0.25, 0.3) is 0 Å². The molecule has 1 aliphatic carbocycles. The number of amides is 1. The van der Waals surface area contributed by atoms with Crippen molar-refractivity contribution in [2.45, 2.75) is 12.5 Å². The zero-order chi connectivity index (χ0) is 11.8. The highest BCUT2D eigenvalue weighted by atomic mass is 16.1. The second-order valence-corrected chi connectivity index (χ2v) is 4.91. The largest absolute Gasteiger partial charge is 0.351 e. The highest BCUT2D eigenvalue weighted by Gasteiger charge is 2.37. The lowest BCUT2D eigenvalue weighted by molar-refractivity contribution is -0.117. The van der Waals surface area contributed by atoms with Crippen molar-refractivity contribution in [2.75, 3.05) is 26.7 Å². The minimum Gasteiger partial charge on any atom is -0.351 e. The van der Waals surface area contributed by atoms with Crippen LogP contribution in [-0.2, 0) is 4.79 Å². The number of hydrogen-bond donors (Lipinski definition) is 1. The number of fused-ring (bicyclic) bond motifs is 3. The van der Waals surface area contributed by atoms with E-state index in [4.69, 9.17) is 0 Å². The zero-order valence-corrected chi connectivity index (χ0v) is 10.0. The fourth-order valence-corrected chi connectivity index (χ4v) is 2.99. The Morgan fingerprint density at radius 3 is 3.24 bits per heavy atom. The Hall–Kier alpha value is -1.42. The third kappa shape index (κ3) is 1.72. The van der Waals surface area contributed by atoms with E-state index in [1.807, 2.05) is 12.3 Å². The van der Waals surface area contributed by atoms with Crippen LogP contribution in [0.3, 0.4) is 0 Å². The molecule has 17 heavy (non-hydrogen) atoms. The Morgan fingerprint density at radius 2 is 2.35 bits per heavy atom. The summed E-state index contributed by atoms with van der Waals surface area (Å²) in [5.74, 6) is 0.526. The third-order valence-electron chi connectivity index (χ3n) is 3.90. The average Bonchev–Trinajstić information content (AvgIpc) is 2.50. The van der Waals surface area contributed by atoms with Crippen LogP contribution in [0, 0.1) is 5.92 Å². The van der Waals surface area contributed by atoms with Crippen molar-refractivity contribution in [1.29, 1.82) is 0 Å². The first kappa shape index (κ1) is 10.7. The highest BCUT2D eigenvalue weighted by Crippen LogP contribution is 2.34. The van der Waals surface area contributed by atoms with E-state index in [1.165, 1.54) is 5.57 Å². The molecule has 0 saturated carbocycles. The van der Waals surface area contributed by atoms with Gasteiger partial charge in [-0.05, 0) is 25.3 Å². The van der Waals surface area contributed by atoms with E-state index in [1.54, 1.807) is 0 Å². The molecule has 1 fully saturated rings. The van der Waals surface area contributed by atoms with E-state index in [2.05, 4.69) is 28.3 Å². The first-order valence-electron chi connectivity index (χ1n) is 6.15. The van der Waals surface area contributed by atoms with Gasteiger partial charge in [-0.15, -0.1) is 0 Å². The van der Waals surface area contributed by atoms with E-state index in [0.29, 0.717) is 5.92 Å². The molecule has 0 bridgehead atoms. The van der Waals surface area contributed by atoms with Crippen LogP contribution in [0.2, 0.25) is 0 Å². The van der Waals surface area contributed by atoms with E-state index >= 15 is 0 Å². The van der Waals surface area contributed by atoms with Gasteiger partial charge in [0.25, 0.3) is 0 Å². The van der Waals surface area contributed by atoms with Crippen molar-refractivity contribution in [2.24, 2.45) is 10.9 Å². The topological polar surface area (TPSA) is 44.7 Å². The maximum Gasteiger partial charge on any atom is 0.248 e. The standard InChI is InChI=1S/C13H17N3O/c1-16-7-6-15-13(17)11-3-2-9-8-14-5-4-10(9)12(11)16/h2-3,5,10,12H,4,6-8H2,1H3,(H,15,17). The smallest absolute Gasteiger partial charge is 0.248 e. The van der Waals surface area contributed by atoms with E-state index in [-0.39, 0.29) is 11.9 Å². The lowest BCUT2D eigenvalue weighted by Crippen LogP contribution is -2.43. The molecule has 0 aromatic carbocycles. The molecule has 2 heterocycles. The monoisotopic (exact) mass is 231 g/mol. The van der Waals surface area contributed by atoms with Crippen LogP contribution in [0.15, 0.2) is 28.3 Å². The van der Waals surface area contributed by atoms with Crippen molar-refractivity contribution in [3.63, 3.8) is 0 Å². The van der Waals surface area contributed by atoms with Crippen molar-refractivity contribution >= 4 is 12.1 Å². The molecular formula is C13H17N3O. The number of carbonyl (C=O) groups excluding carboxylic acids is 1. The van der Waals surface area contributed by atoms with Crippen LogP contribution >= 0.6 is 0 Å². The first-order chi connectivity index (χ1) is 8.27. The van der Waals surface area contributed by atoms with E-state index < -0.39 is 0 Å². The molecule has 1 N–H and O–H groups in total. The van der Waals surface area contributed by atoms with Gasteiger partial charge in [0.2, 0.25) is 5.91 Å². The molecule has 0 spiro atoms. The maximum atomic E-state index is 12.0. The fourth-order valence-electron chi connectivity index (χ4n) is 2.99. The predicted molar refractivity (Wildman–Crippen MR) is 67.1 cm³/mol. The Balaban J connectivity index is 2.01. The minimum absolute atomic E-state index is 0.0946. The van der Waals surface area contributed by atoms with Crippen LogP contribution in [0.1, 0.15) is 6.42 Å². The summed E-state index contributed by atoms with van der Waals surface area (Å²) in [7, 11) is 2.10. The molecule has 0 aromatic heterocycles. The molecular weight excluding hydrogens is 214 g/mol. The number of rotatable bonds is 0. The number of likely N-dealkylation sites (N-methyl/N-ethyl adjacent to an activating group) is 1. The van der Waals surface area contributed by atoms with Gasteiger partial charge >= 0.3 is 0 Å². The van der Waals surface area contributed by atoms with E-state index in [0.717, 1.165) is 31.6 Å². The van der Waals surface area contributed by atoms with Gasteiger partial charge in [0.05, 0.1) is 6.54 Å². The molecule has 0 radical (unpaired) electrons. The van der Waals surface area contributed by atoms with Gasteiger partial charge in [-0.3, -0.25) is 14.7 Å². The Morgan fingerprint density at radius 1 is 1.47 bits per heavy atom. The Bertz CT molecular complexity index is 436.